The van der Waals surface area contributed by atoms with Crippen LogP contribution in [0.3, 0.4) is 0 Å². The smallest absolute Gasteiger partial charge is 0.268 e. The first-order chi connectivity index (χ1) is 12.1. The van der Waals surface area contributed by atoms with E-state index < -0.39 is 0 Å². The molecule has 0 bridgehead atoms. The lowest BCUT2D eigenvalue weighted by atomic mass is 9.99. The summed E-state index contributed by atoms with van der Waals surface area (Å²) < 4.78 is 0. The van der Waals surface area contributed by atoms with Crippen molar-refractivity contribution in [2.45, 2.75) is 19.9 Å². The van der Waals surface area contributed by atoms with Crippen molar-refractivity contribution in [2.75, 3.05) is 0 Å². The number of fused-ring (bicyclic) bond motifs is 2. The first-order valence-corrected chi connectivity index (χ1v) is 8.50. The summed E-state index contributed by atoms with van der Waals surface area (Å²) in [6, 6.07) is 22.3. The normalized spacial score (nSPS) is 12.4. The van der Waals surface area contributed by atoms with Crippen LogP contribution in [0.2, 0.25) is 0 Å². The minimum atomic E-state index is -0.0870. The largest absolute Gasteiger partial charge is 0.350 e. The molecule has 4 rings (SSSR count). The van der Waals surface area contributed by atoms with Gasteiger partial charge in [-0.2, -0.15) is 0 Å². The number of nitrogens with one attached hydrogen (secondary N) is 2. The van der Waals surface area contributed by atoms with E-state index in [4.69, 9.17) is 0 Å². The Morgan fingerprint density at radius 3 is 2.52 bits per heavy atom. The van der Waals surface area contributed by atoms with Crippen molar-refractivity contribution in [3.05, 3.63) is 83.6 Å². The van der Waals surface area contributed by atoms with E-state index in [9.17, 15) is 4.79 Å². The van der Waals surface area contributed by atoms with Crippen molar-refractivity contribution in [3.63, 3.8) is 0 Å². The molecule has 1 atom stereocenters. The van der Waals surface area contributed by atoms with E-state index in [0.29, 0.717) is 5.69 Å². The highest BCUT2D eigenvalue weighted by Crippen LogP contribution is 2.25. The monoisotopic (exact) mass is 328 g/mol. The van der Waals surface area contributed by atoms with E-state index in [-0.39, 0.29) is 11.9 Å². The zero-order valence-corrected chi connectivity index (χ0v) is 14.3. The zero-order valence-electron chi connectivity index (χ0n) is 14.3. The number of aromatic amines is 1. The maximum Gasteiger partial charge on any atom is 0.268 e. The molecule has 0 radical (unpaired) electrons. The van der Waals surface area contributed by atoms with Crippen LogP contribution < -0.4 is 5.32 Å². The fourth-order valence-electron chi connectivity index (χ4n) is 3.41. The van der Waals surface area contributed by atoms with Crippen molar-refractivity contribution in [1.82, 2.24) is 10.3 Å². The lowest BCUT2D eigenvalue weighted by Gasteiger charge is -2.16. The van der Waals surface area contributed by atoms with Crippen LogP contribution in [-0.4, -0.2) is 10.9 Å². The lowest BCUT2D eigenvalue weighted by molar-refractivity contribution is 0.0936. The SMILES string of the molecule is Cc1cccc2cc(C(=O)NC(C)c3cccc4ccccc34)[nH]c12. The van der Waals surface area contributed by atoms with Crippen molar-refractivity contribution in [2.24, 2.45) is 0 Å². The highest BCUT2D eigenvalue weighted by atomic mass is 16.1. The van der Waals surface area contributed by atoms with Gasteiger partial charge in [0.1, 0.15) is 5.69 Å². The molecule has 0 saturated carbocycles. The summed E-state index contributed by atoms with van der Waals surface area (Å²) in [6.07, 6.45) is 0. The van der Waals surface area contributed by atoms with E-state index in [0.717, 1.165) is 22.0 Å². The Morgan fingerprint density at radius 1 is 0.960 bits per heavy atom. The number of hydrogen-bond donors (Lipinski definition) is 2. The van der Waals surface area contributed by atoms with Gasteiger partial charge in [0.2, 0.25) is 0 Å². The fourth-order valence-corrected chi connectivity index (χ4v) is 3.41. The molecule has 0 aliphatic heterocycles. The van der Waals surface area contributed by atoms with E-state index in [1.807, 2.05) is 56.3 Å². The molecule has 25 heavy (non-hydrogen) atoms. The summed E-state index contributed by atoms with van der Waals surface area (Å²) in [4.78, 5) is 15.9. The van der Waals surface area contributed by atoms with Gasteiger partial charge in [-0.3, -0.25) is 4.79 Å². The number of hydrogen-bond acceptors (Lipinski definition) is 1. The van der Waals surface area contributed by atoms with Gasteiger partial charge in [-0.15, -0.1) is 0 Å². The molecule has 1 heterocycles. The van der Waals surface area contributed by atoms with Crippen LogP contribution in [0.15, 0.2) is 66.7 Å². The van der Waals surface area contributed by atoms with E-state index in [1.165, 1.54) is 10.8 Å². The van der Waals surface area contributed by atoms with Crippen LogP contribution in [0, 0.1) is 6.92 Å². The molecular weight excluding hydrogens is 308 g/mol. The minimum Gasteiger partial charge on any atom is -0.350 e. The molecule has 0 aliphatic carbocycles. The van der Waals surface area contributed by atoms with Gasteiger partial charge in [-0.1, -0.05) is 60.7 Å². The third-order valence-corrected chi connectivity index (χ3v) is 4.75. The van der Waals surface area contributed by atoms with Gasteiger partial charge in [0.05, 0.1) is 6.04 Å². The van der Waals surface area contributed by atoms with Crippen LogP contribution in [0.5, 0.6) is 0 Å². The van der Waals surface area contributed by atoms with Crippen molar-refractivity contribution >= 4 is 27.6 Å². The number of benzene rings is 3. The summed E-state index contributed by atoms with van der Waals surface area (Å²) in [5.41, 5.74) is 3.87. The Kier molecular flexibility index (Phi) is 3.77. The third-order valence-electron chi connectivity index (χ3n) is 4.75. The second kappa shape index (κ2) is 6.10. The van der Waals surface area contributed by atoms with Gasteiger partial charge in [0, 0.05) is 10.9 Å². The number of aryl methyl sites for hydroxylation is 1. The number of para-hydroxylation sites is 1. The Morgan fingerprint density at radius 2 is 1.68 bits per heavy atom. The maximum atomic E-state index is 12.7. The topological polar surface area (TPSA) is 44.9 Å². The van der Waals surface area contributed by atoms with Crippen molar-refractivity contribution in [1.29, 1.82) is 0 Å². The van der Waals surface area contributed by atoms with E-state index >= 15 is 0 Å². The van der Waals surface area contributed by atoms with Gasteiger partial charge in [-0.05, 0) is 41.8 Å². The van der Waals surface area contributed by atoms with Gasteiger partial charge >= 0.3 is 0 Å². The summed E-state index contributed by atoms with van der Waals surface area (Å²) in [7, 11) is 0. The lowest BCUT2D eigenvalue weighted by Crippen LogP contribution is -2.27. The Labute approximate surface area is 146 Å². The highest BCUT2D eigenvalue weighted by molar-refractivity contribution is 5.99. The van der Waals surface area contributed by atoms with Crippen molar-refractivity contribution in [3.8, 4) is 0 Å². The molecule has 0 fully saturated rings. The predicted molar refractivity (Wildman–Crippen MR) is 103 cm³/mol. The number of rotatable bonds is 3. The molecule has 124 valence electrons. The molecule has 0 saturated heterocycles. The summed E-state index contributed by atoms with van der Waals surface area (Å²) in [6.45, 7) is 4.06. The molecular formula is C22H20N2O. The van der Waals surface area contributed by atoms with Crippen LogP contribution in [0.4, 0.5) is 0 Å². The molecule has 1 amide bonds. The maximum absolute atomic E-state index is 12.7. The molecule has 3 aromatic carbocycles. The van der Waals surface area contributed by atoms with E-state index in [2.05, 4.69) is 34.6 Å². The zero-order chi connectivity index (χ0) is 17.4. The first kappa shape index (κ1) is 15.5. The van der Waals surface area contributed by atoms with Crippen LogP contribution in [-0.2, 0) is 0 Å². The predicted octanol–water partition coefficient (Wildman–Crippen LogP) is 5.12. The van der Waals surface area contributed by atoms with Crippen LogP contribution in [0.25, 0.3) is 21.7 Å². The average Bonchev–Trinajstić information content (AvgIpc) is 3.07. The van der Waals surface area contributed by atoms with Crippen LogP contribution >= 0.6 is 0 Å². The molecule has 0 aliphatic rings. The molecule has 3 nitrogen and oxygen atoms in total. The molecule has 1 aromatic heterocycles. The highest BCUT2D eigenvalue weighted by Gasteiger charge is 2.15. The second-order valence-corrected chi connectivity index (χ2v) is 6.49. The van der Waals surface area contributed by atoms with Gasteiger partial charge < -0.3 is 10.3 Å². The van der Waals surface area contributed by atoms with Gasteiger partial charge in [0.15, 0.2) is 0 Å². The summed E-state index contributed by atoms with van der Waals surface area (Å²) in [5, 5.41) is 6.53. The number of carbonyl (C=O) groups is 1. The third kappa shape index (κ3) is 2.78. The summed E-state index contributed by atoms with van der Waals surface area (Å²) >= 11 is 0. The fraction of sp³-hybridized carbons (Fsp3) is 0.136. The van der Waals surface area contributed by atoms with Crippen LogP contribution in [0.1, 0.15) is 34.6 Å². The second-order valence-electron chi connectivity index (χ2n) is 6.49. The number of aromatic nitrogens is 1. The number of carbonyl (C=O) groups excluding carboxylic acids is 1. The molecule has 1 unspecified atom stereocenters. The quantitative estimate of drug-likeness (QED) is 0.538. The number of amides is 1. The molecule has 0 spiro atoms. The Bertz CT molecular complexity index is 1070. The van der Waals surface area contributed by atoms with E-state index in [1.54, 1.807) is 0 Å². The minimum absolute atomic E-state index is 0.0777. The van der Waals surface area contributed by atoms with Gasteiger partial charge in [0.25, 0.3) is 5.91 Å². The molecule has 4 aromatic rings. The first-order valence-electron chi connectivity index (χ1n) is 8.50. The standard InChI is InChI=1S/C22H20N2O/c1-14-7-5-10-17-13-20(24-21(14)17)22(25)23-15(2)18-12-6-9-16-8-3-4-11-19(16)18/h3-13,15,24H,1-2H3,(H,23,25). The number of H-pyrrole nitrogens is 1. The summed E-state index contributed by atoms with van der Waals surface area (Å²) in [5.74, 6) is -0.0870. The van der Waals surface area contributed by atoms with Gasteiger partial charge in [-0.25, -0.2) is 0 Å². The Balaban J connectivity index is 1.64. The molecule has 3 heteroatoms. The average molecular weight is 328 g/mol. The Hall–Kier alpha value is -3.07. The molecule has 2 N–H and O–H groups in total. The van der Waals surface area contributed by atoms with Crippen molar-refractivity contribution < 1.29 is 4.79 Å².